The summed E-state index contributed by atoms with van der Waals surface area (Å²) in [6.07, 6.45) is 16.0. The van der Waals surface area contributed by atoms with Gasteiger partial charge in [0, 0.05) is 35.8 Å². The predicted octanol–water partition coefficient (Wildman–Crippen LogP) is 7.05. The molecule has 5 heterocycles. The number of rotatable bonds is 9. The Balaban J connectivity index is 1.04. The molecule has 2 saturated heterocycles. The van der Waals surface area contributed by atoms with Crippen molar-refractivity contribution in [3.63, 3.8) is 0 Å². The molecule has 4 aromatic rings. The van der Waals surface area contributed by atoms with Crippen LogP contribution in [0, 0.1) is 5.41 Å². The second kappa shape index (κ2) is 16.2. The van der Waals surface area contributed by atoms with Crippen LogP contribution in [0.1, 0.15) is 109 Å². The Morgan fingerprint density at radius 1 is 0.944 bits per heavy atom. The molecule has 1 aliphatic carbocycles. The Hall–Kier alpha value is -4.91. The first kappa shape index (κ1) is 37.4. The number of urea groups is 1. The number of nitrogens with zero attached hydrogens (tertiary/aromatic N) is 8. The number of nitrogens with two attached hydrogens (primary N) is 1. The minimum Gasteiger partial charge on any atom is -0.484 e. The summed E-state index contributed by atoms with van der Waals surface area (Å²) in [4.78, 5) is 23.3. The number of carbonyl (C=O) groups excluding carboxylic acids is 1. The average Bonchev–Trinajstić information content (AvgIpc) is 3.78. The van der Waals surface area contributed by atoms with Crippen LogP contribution in [0.2, 0.25) is 0 Å². The van der Waals surface area contributed by atoms with Crippen LogP contribution in [0.3, 0.4) is 0 Å². The molecule has 3 aliphatic rings. The zero-order chi connectivity index (χ0) is 37.8. The number of amides is 2. The average molecular weight is 736 g/mol. The van der Waals surface area contributed by atoms with Crippen molar-refractivity contribution in [3.8, 4) is 5.75 Å². The van der Waals surface area contributed by atoms with Crippen LogP contribution in [-0.4, -0.2) is 72.9 Å². The largest absolute Gasteiger partial charge is 0.484 e. The first-order valence-electron chi connectivity index (χ1n) is 19.8. The van der Waals surface area contributed by atoms with Crippen LogP contribution in [0.25, 0.3) is 5.65 Å². The molecule has 4 atom stereocenters. The van der Waals surface area contributed by atoms with Crippen LogP contribution < -0.4 is 26.0 Å². The van der Waals surface area contributed by atoms with Gasteiger partial charge >= 0.3 is 6.03 Å². The third-order valence-corrected chi connectivity index (χ3v) is 11.2. The number of benzene rings is 1. The summed E-state index contributed by atoms with van der Waals surface area (Å²) in [5.41, 5.74) is 10.3. The fourth-order valence-corrected chi connectivity index (χ4v) is 7.98. The topological polar surface area (TPSA) is 143 Å². The third kappa shape index (κ3) is 8.72. The van der Waals surface area contributed by atoms with Gasteiger partial charge < -0.3 is 25.6 Å². The predicted molar refractivity (Wildman–Crippen MR) is 213 cm³/mol. The summed E-state index contributed by atoms with van der Waals surface area (Å²) in [6.45, 7) is 14.7. The Kier molecular flexibility index (Phi) is 11.2. The van der Waals surface area contributed by atoms with E-state index in [9.17, 15) is 4.79 Å². The number of anilines is 1. The highest BCUT2D eigenvalue weighted by molar-refractivity contribution is 6.05. The fraction of sp³-hybridized carbons (Fsp3) is 0.537. The van der Waals surface area contributed by atoms with Gasteiger partial charge in [0.15, 0.2) is 5.65 Å². The lowest BCUT2D eigenvalue weighted by Gasteiger charge is -2.39. The van der Waals surface area contributed by atoms with E-state index in [4.69, 9.17) is 15.5 Å². The van der Waals surface area contributed by atoms with Gasteiger partial charge in [0.1, 0.15) is 23.4 Å². The molecule has 0 spiro atoms. The van der Waals surface area contributed by atoms with E-state index in [2.05, 4.69) is 66.1 Å². The van der Waals surface area contributed by atoms with E-state index in [1.54, 1.807) is 12.3 Å². The number of pyridine rings is 1. The van der Waals surface area contributed by atoms with Crippen molar-refractivity contribution < 1.29 is 9.53 Å². The monoisotopic (exact) mass is 735 g/mol. The second-order valence-corrected chi connectivity index (χ2v) is 16.3. The molecule has 4 N–H and O–H groups in total. The number of allylic oxidation sites excluding steroid dienone is 1. The summed E-state index contributed by atoms with van der Waals surface area (Å²) in [6, 6.07) is 12.3. The lowest BCUT2D eigenvalue weighted by atomic mass is 9.85. The smallest absolute Gasteiger partial charge is 0.320 e. The molecule has 0 radical (unpaired) electrons. The maximum Gasteiger partial charge on any atom is 0.320 e. The first-order chi connectivity index (χ1) is 26.0. The van der Waals surface area contributed by atoms with Crippen LogP contribution in [-0.2, 0) is 6.54 Å². The highest BCUT2D eigenvalue weighted by Gasteiger charge is 2.31. The van der Waals surface area contributed by atoms with Crippen molar-refractivity contribution >= 4 is 29.1 Å². The van der Waals surface area contributed by atoms with Gasteiger partial charge in [0.05, 0.1) is 31.2 Å². The molecule has 0 bridgehead atoms. The lowest BCUT2D eigenvalue weighted by molar-refractivity contribution is 0.171. The molecule has 54 heavy (non-hydrogen) atoms. The highest BCUT2D eigenvalue weighted by atomic mass is 16.5. The lowest BCUT2D eigenvalue weighted by Crippen LogP contribution is -2.44. The zero-order valence-electron chi connectivity index (χ0n) is 32.5. The standard InChI is InChI=1S/C41H57N11O2/c1-28-12-11-13-29(2)52(28)40-48-47-38-19-16-31(27-51(38)40)54-35-18-17-34(32-14-7-8-15-33(32)35)45-39(53)46-37(24-36(42)41(3,4)5)44-30-25-43-50(26-30)23-22-49-20-9-6-10-21-49/h7-8,14-16,19,24-29,34-35H,6,9-13,17-18,20-23,42H2,1-5H3,(H2,44,45,46,53)/t28-,29?,34?,35+/m0/s1. The first-order valence-corrected chi connectivity index (χ1v) is 19.8. The normalized spacial score (nSPS) is 22.9. The van der Waals surface area contributed by atoms with E-state index in [1.165, 1.54) is 25.7 Å². The third-order valence-electron chi connectivity index (χ3n) is 11.2. The molecular formula is C41H57N11O2. The number of hydrogen-bond donors (Lipinski definition) is 3. The molecule has 3 aromatic heterocycles. The van der Waals surface area contributed by atoms with Gasteiger partial charge in [-0.3, -0.25) is 14.4 Å². The van der Waals surface area contributed by atoms with Gasteiger partial charge in [-0.15, -0.1) is 10.2 Å². The van der Waals surface area contributed by atoms with Crippen LogP contribution >= 0.6 is 0 Å². The van der Waals surface area contributed by atoms with Crippen molar-refractivity contribution in [1.82, 2.24) is 39.9 Å². The molecule has 2 aliphatic heterocycles. The van der Waals surface area contributed by atoms with Gasteiger partial charge in [-0.25, -0.2) is 9.79 Å². The van der Waals surface area contributed by atoms with Crippen molar-refractivity contribution in [2.24, 2.45) is 16.1 Å². The number of aliphatic imine (C=N–C) groups is 1. The molecule has 13 heteroatoms. The summed E-state index contributed by atoms with van der Waals surface area (Å²) >= 11 is 0. The van der Waals surface area contributed by atoms with E-state index in [1.807, 2.05) is 62.1 Å². The molecule has 288 valence electrons. The summed E-state index contributed by atoms with van der Waals surface area (Å²) in [5.74, 6) is 1.97. The van der Waals surface area contributed by atoms with Gasteiger partial charge in [0.2, 0.25) is 5.95 Å². The molecule has 2 unspecified atom stereocenters. The molecular weight excluding hydrogens is 679 g/mol. The Bertz CT molecular complexity index is 1960. The van der Waals surface area contributed by atoms with Crippen LogP contribution in [0.15, 0.2) is 71.8 Å². The SMILES string of the molecule is CC1CCC[C@H](C)N1c1nnc2ccc(O[C@@H]3CCC(NC(=O)NC(C=C(N)C(C)(C)C)=Nc4cnn(CCN5CCCCC5)c4)c4ccccc43)cn12. The quantitative estimate of drug-likeness (QED) is 0.123. The number of carbonyl (C=O) groups is 1. The molecule has 7 rings (SSSR count). The van der Waals surface area contributed by atoms with E-state index in [0.717, 1.165) is 73.9 Å². The molecule has 2 amide bonds. The van der Waals surface area contributed by atoms with Crippen LogP contribution in [0.4, 0.5) is 16.4 Å². The number of fused-ring (bicyclic) bond motifs is 2. The fourth-order valence-electron chi connectivity index (χ4n) is 7.98. The van der Waals surface area contributed by atoms with Gasteiger partial charge in [-0.2, -0.15) is 5.10 Å². The summed E-state index contributed by atoms with van der Waals surface area (Å²) < 4.78 is 10.7. The number of likely N-dealkylation sites (tertiary alicyclic amines) is 1. The number of piperidine rings is 2. The highest BCUT2D eigenvalue weighted by Crippen LogP contribution is 2.39. The van der Waals surface area contributed by atoms with E-state index in [0.29, 0.717) is 35.7 Å². The van der Waals surface area contributed by atoms with Crippen molar-refractivity contribution in [1.29, 1.82) is 0 Å². The molecule has 0 saturated carbocycles. The zero-order valence-corrected chi connectivity index (χ0v) is 32.5. The number of hydrogen-bond acceptors (Lipinski definition) is 9. The van der Waals surface area contributed by atoms with Crippen molar-refractivity contribution in [2.45, 2.75) is 117 Å². The number of amidine groups is 1. The van der Waals surface area contributed by atoms with Gasteiger partial charge in [0.25, 0.3) is 0 Å². The van der Waals surface area contributed by atoms with Crippen molar-refractivity contribution in [3.05, 3.63) is 77.9 Å². The van der Waals surface area contributed by atoms with E-state index < -0.39 is 0 Å². The Morgan fingerprint density at radius 3 is 2.46 bits per heavy atom. The molecule has 1 aromatic carbocycles. The second-order valence-electron chi connectivity index (χ2n) is 16.3. The minimum absolute atomic E-state index is 0.175. The minimum atomic E-state index is -0.352. The van der Waals surface area contributed by atoms with Crippen LogP contribution in [0.5, 0.6) is 5.75 Å². The summed E-state index contributed by atoms with van der Waals surface area (Å²) in [7, 11) is 0. The Labute approximate surface area is 319 Å². The molecule has 2 fully saturated rings. The summed E-state index contributed by atoms with van der Waals surface area (Å²) in [5, 5.41) is 19.8. The molecule has 13 nitrogen and oxygen atoms in total. The maximum absolute atomic E-state index is 13.7. The van der Waals surface area contributed by atoms with Gasteiger partial charge in [-0.05, 0) is 95.1 Å². The number of aromatic nitrogens is 5. The van der Waals surface area contributed by atoms with Gasteiger partial charge in [-0.1, -0.05) is 51.5 Å². The Morgan fingerprint density at radius 2 is 1.70 bits per heavy atom. The number of nitrogens with one attached hydrogen (secondary N) is 2. The number of ether oxygens (including phenoxy) is 1. The maximum atomic E-state index is 13.7. The van der Waals surface area contributed by atoms with E-state index in [-0.39, 0.29) is 23.6 Å². The van der Waals surface area contributed by atoms with E-state index >= 15 is 0 Å². The van der Waals surface area contributed by atoms with Crippen molar-refractivity contribution in [2.75, 3.05) is 24.5 Å².